The fraction of sp³-hybridized carbons (Fsp3) is 0.667. The summed E-state index contributed by atoms with van der Waals surface area (Å²) in [5.41, 5.74) is 1.32. The van der Waals surface area contributed by atoms with Gasteiger partial charge < -0.3 is 15.4 Å². The summed E-state index contributed by atoms with van der Waals surface area (Å²) in [5, 5.41) is 8.72. The smallest absolute Gasteiger partial charge is 0.191 e. The number of nitrogens with zero attached hydrogens (tertiary/aromatic N) is 1. The molecule has 0 saturated heterocycles. The molecule has 5 heteroatoms. The Morgan fingerprint density at radius 3 is 2.80 bits per heavy atom. The quantitative estimate of drug-likeness (QED) is 0.440. The van der Waals surface area contributed by atoms with Crippen LogP contribution in [-0.4, -0.2) is 31.8 Å². The zero-order chi connectivity index (χ0) is 14.8. The Morgan fingerprint density at radius 1 is 1.40 bits per heavy atom. The molecule has 1 heterocycles. The monoisotopic (exact) mass is 297 g/mol. The van der Waals surface area contributed by atoms with Crippen LogP contribution in [0.25, 0.3) is 0 Å². The normalized spacial score (nSPS) is 11.9. The molecular formula is C15H27N3OS. The second kappa shape index (κ2) is 9.77. The second-order valence-electron chi connectivity index (χ2n) is 4.92. The van der Waals surface area contributed by atoms with Crippen molar-refractivity contribution >= 4 is 17.3 Å². The van der Waals surface area contributed by atoms with Gasteiger partial charge in [-0.1, -0.05) is 0 Å². The van der Waals surface area contributed by atoms with E-state index in [9.17, 15) is 0 Å². The summed E-state index contributed by atoms with van der Waals surface area (Å²) < 4.78 is 5.52. The van der Waals surface area contributed by atoms with Crippen LogP contribution in [0, 0.1) is 6.92 Å². The van der Waals surface area contributed by atoms with Crippen LogP contribution in [0.2, 0.25) is 0 Å². The third-order valence-corrected chi connectivity index (χ3v) is 3.77. The standard InChI is InChI=1S/C15H27N3OS/c1-5-16-15(17-8-6-9-19-12(2)3)18-11-14-13(4)7-10-20-14/h7,10,12H,5-6,8-9,11H2,1-4H3,(H2,16,17,18). The maximum atomic E-state index is 5.52. The minimum Gasteiger partial charge on any atom is -0.379 e. The van der Waals surface area contributed by atoms with E-state index in [1.165, 1.54) is 10.4 Å². The molecule has 0 aliphatic heterocycles. The van der Waals surface area contributed by atoms with Gasteiger partial charge in [-0.3, -0.25) is 0 Å². The zero-order valence-corrected chi connectivity index (χ0v) is 13.8. The Hall–Kier alpha value is -1.07. The SMILES string of the molecule is CCNC(=NCc1sccc1C)NCCCOC(C)C. The summed E-state index contributed by atoms with van der Waals surface area (Å²) in [5.74, 6) is 0.879. The van der Waals surface area contributed by atoms with Crippen LogP contribution in [-0.2, 0) is 11.3 Å². The van der Waals surface area contributed by atoms with Gasteiger partial charge in [-0.05, 0) is 51.1 Å². The number of aliphatic imine (C=N–C) groups is 1. The van der Waals surface area contributed by atoms with E-state index in [2.05, 4.69) is 54.8 Å². The van der Waals surface area contributed by atoms with E-state index < -0.39 is 0 Å². The summed E-state index contributed by atoms with van der Waals surface area (Å²) in [4.78, 5) is 5.94. The van der Waals surface area contributed by atoms with Gasteiger partial charge in [0.15, 0.2) is 5.96 Å². The summed E-state index contributed by atoms with van der Waals surface area (Å²) >= 11 is 1.76. The maximum absolute atomic E-state index is 5.52. The average molecular weight is 297 g/mol. The summed E-state index contributed by atoms with van der Waals surface area (Å²) in [6.07, 6.45) is 1.29. The van der Waals surface area contributed by atoms with Gasteiger partial charge in [-0.25, -0.2) is 4.99 Å². The predicted octanol–water partition coefficient (Wildman–Crippen LogP) is 2.93. The van der Waals surface area contributed by atoms with Crippen molar-refractivity contribution < 1.29 is 4.74 Å². The van der Waals surface area contributed by atoms with Gasteiger partial charge >= 0.3 is 0 Å². The Kier molecular flexibility index (Phi) is 8.30. The maximum Gasteiger partial charge on any atom is 0.191 e. The van der Waals surface area contributed by atoms with Crippen LogP contribution in [0.1, 0.15) is 37.6 Å². The minimum atomic E-state index is 0.304. The van der Waals surface area contributed by atoms with Crippen molar-refractivity contribution in [3.05, 3.63) is 21.9 Å². The highest BCUT2D eigenvalue weighted by Gasteiger charge is 2.01. The van der Waals surface area contributed by atoms with E-state index in [0.717, 1.165) is 38.6 Å². The fourth-order valence-electron chi connectivity index (χ4n) is 1.66. The highest BCUT2D eigenvalue weighted by atomic mass is 32.1. The molecule has 1 aromatic rings. The molecule has 0 atom stereocenters. The van der Waals surface area contributed by atoms with Crippen LogP contribution in [0.3, 0.4) is 0 Å². The second-order valence-corrected chi connectivity index (χ2v) is 5.92. The Balaban J connectivity index is 2.34. The number of nitrogens with one attached hydrogen (secondary N) is 2. The molecule has 0 amide bonds. The van der Waals surface area contributed by atoms with Crippen molar-refractivity contribution in [1.29, 1.82) is 0 Å². The topological polar surface area (TPSA) is 45.7 Å². The first-order valence-electron chi connectivity index (χ1n) is 7.30. The molecule has 4 nitrogen and oxygen atoms in total. The van der Waals surface area contributed by atoms with E-state index in [4.69, 9.17) is 4.74 Å². The van der Waals surface area contributed by atoms with E-state index >= 15 is 0 Å². The zero-order valence-electron chi connectivity index (χ0n) is 13.0. The molecule has 0 bridgehead atoms. The van der Waals surface area contributed by atoms with Gasteiger partial charge in [0.2, 0.25) is 0 Å². The first-order chi connectivity index (χ1) is 9.63. The lowest BCUT2D eigenvalue weighted by atomic mass is 10.3. The van der Waals surface area contributed by atoms with Gasteiger partial charge in [-0.15, -0.1) is 11.3 Å². The largest absolute Gasteiger partial charge is 0.379 e. The number of ether oxygens (including phenoxy) is 1. The number of hydrogen-bond acceptors (Lipinski definition) is 3. The van der Waals surface area contributed by atoms with Crippen molar-refractivity contribution in [2.75, 3.05) is 19.7 Å². The minimum absolute atomic E-state index is 0.304. The lowest BCUT2D eigenvalue weighted by Crippen LogP contribution is -2.38. The van der Waals surface area contributed by atoms with Gasteiger partial charge in [0, 0.05) is 24.6 Å². The number of thiophene rings is 1. The van der Waals surface area contributed by atoms with Crippen molar-refractivity contribution in [2.24, 2.45) is 4.99 Å². The number of aryl methyl sites for hydroxylation is 1. The van der Waals surface area contributed by atoms with Crippen molar-refractivity contribution in [2.45, 2.75) is 46.8 Å². The summed E-state index contributed by atoms with van der Waals surface area (Å²) in [6.45, 7) is 11.6. The highest BCUT2D eigenvalue weighted by Crippen LogP contribution is 2.16. The van der Waals surface area contributed by atoms with E-state index in [-0.39, 0.29) is 0 Å². The fourth-order valence-corrected chi connectivity index (χ4v) is 2.49. The van der Waals surface area contributed by atoms with Gasteiger partial charge in [-0.2, -0.15) is 0 Å². The first kappa shape index (κ1) is 17.0. The molecular weight excluding hydrogens is 270 g/mol. The lowest BCUT2D eigenvalue weighted by molar-refractivity contribution is 0.0776. The number of hydrogen-bond donors (Lipinski definition) is 2. The molecule has 0 radical (unpaired) electrons. The molecule has 0 aliphatic rings. The average Bonchev–Trinajstić information content (AvgIpc) is 2.80. The molecule has 0 aromatic carbocycles. The van der Waals surface area contributed by atoms with E-state index in [1.807, 2.05) is 0 Å². The van der Waals surface area contributed by atoms with Gasteiger partial charge in [0.05, 0.1) is 12.6 Å². The van der Waals surface area contributed by atoms with E-state index in [0.29, 0.717) is 6.10 Å². The highest BCUT2D eigenvalue weighted by molar-refractivity contribution is 7.10. The third-order valence-electron chi connectivity index (χ3n) is 2.76. The van der Waals surface area contributed by atoms with E-state index in [1.54, 1.807) is 11.3 Å². The summed E-state index contributed by atoms with van der Waals surface area (Å²) in [6, 6.07) is 2.14. The summed E-state index contributed by atoms with van der Waals surface area (Å²) in [7, 11) is 0. The molecule has 0 fully saturated rings. The van der Waals surface area contributed by atoms with Crippen molar-refractivity contribution in [1.82, 2.24) is 10.6 Å². The van der Waals surface area contributed by atoms with Crippen LogP contribution in [0.4, 0.5) is 0 Å². The van der Waals surface area contributed by atoms with Gasteiger partial charge in [0.25, 0.3) is 0 Å². The molecule has 2 N–H and O–H groups in total. The molecule has 114 valence electrons. The Bertz CT molecular complexity index is 402. The van der Waals surface area contributed by atoms with Crippen molar-refractivity contribution in [3.63, 3.8) is 0 Å². The van der Waals surface area contributed by atoms with Crippen LogP contribution in [0.5, 0.6) is 0 Å². The molecule has 0 unspecified atom stereocenters. The number of guanidine groups is 1. The molecule has 0 saturated carbocycles. The molecule has 20 heavy (non-hydrogen) atoms. The van der Waals surface area contributed by atoms with Gasteiger partial charge in [0.1, 0.15) is 0 Å². The van der Waals surface area contributed by atoms with Crippen LogP contribution in [0.15, 0.2) is 16.4 Å². The molecule has 0 spiro atoms. The molecule has 1 rings (SSSR count). The van der Waals surface area contributed by atoms with Crippen LogP contribution < -0.4 is 10.6 Å². The molecule has 1 aromatic heterocycles. The first-order valence-corrected chi connectivity index (χ1v) is 8.18. The third kappa shape index (κ3) is 6.91. The number of rotatable bonds is 8. The van der Waals surface area contributed by atoms with Crippen LogP contribution >= 0.6 is 11.3 Å². The lowest BCUT2D eigenvalue weighted by Gasteiger charge is -2.12. The molecule has 0 aliphatic carbocycles. The Morgan fingerprint density at radius 2 is 2.20 bits per heavy atom. The van der Waals surface area contributed by atoms with Crippen molar-refractivity contribution in [3.8, 4) is 0 Å². The predicted molar refractivity (Wildman–Crippen MR) is 87.6 cm³/mol. The Labute approximate surface area is 126 Å².